The normalized spacial score (nSPS) is 19.2. The number of rotatable bonds is 9. The maximum Gasteiger partial charge on any atom is 0.221 e. The van der Waals surface area contributed by atoms with Gasteiger partial charge < -0.3 is 20.7 Å². The maximum absolute atomic E-state index is 12.0. The summed E-state index contributed by atoms with van der Waals surface area (Å²) in [6.07, 6.45) is 13.3. The van der Waals surface area contributed by atoms with Crippen molar-refractivity contribution in [3.8, 4) is 0 Å². The third-order valence-corrected chi connectivity index (χ3v) is 5.23. The first-order valence-electron chi connectivity index (χ1n) is 10.7. The van der Waals surface area contributed by atoms with Crippen molar-refractivity contribution in [1.29, 1.82) is 0 Å². The van der Waals surface area contributed by atoms with Crippen LogP contribution in [0.3, 0.4) is 0 Å². The standard InChI is InChI=1S/C20H38N4O2.HI/c1-2-21-20(22-14-13-19(25)24-17-9-7-8-10-17)23-15-16-26-18-11-5-3-4-6-12-18;/h17-18H,2-16H2,1H3,(H,24,25)(H2,21,22,23);1H. The molecule has 2 rings (SSSR count). The van der Waals surface area contributed by atoms with Crippen LogP contribution in [0.2, 0.25) is 0 Å². The Morgan fingerprint density at radius 1 is 1.00 bits per heavy atom. The van der Waals surface area contributed by atoms with E-state index < -0.39 is 0 Å². The molecule has 0 radical (unpaired) electrons. The third kappa shape index (κ3) is 11.1. The van der Waals surface area contributed by atoms with Gasteiger partial charge in [0.05, 0.1) is 19.3 Å². The van der Waals surface area contributed by atoms with Crippen molar-refractivity contribution in [3.05, 3.63) is 0 Å². The number of hydrogen-bond donors (Lipinski definition) is 3. The molecule has 2 fully saturated rings. The van der Waals surface area contributed by atoms with Crippen LogP contribution < -0.4 is 16.0 Å². The highest BCUT2D eigenvalue weighted by molar-refractivity contribution is 14.0. The van der Waals surface area contributed by atoms with Crippen LogP contribution in [-0.2, 0) is 9.53 Å². The summed E-state index contributed by atoms with van der Waals surface area (Å²) in [6, 6.07) is 0.394. The second kappa shape index (κ2) is 15.4. The van der Waals surface area contributed by atoms with E-state index >= 15 is 0 Å². The molecule has 0 unspecified atom stereocenters. The van der Waals surface area contributed by atoms with Crippen molar-refractivity contribution in [2.75, 3.05) is 26.2 Å². The Morgan fingerprint density at radius 3 is 2.33 bits per heavy atom. The van der Waals surface area contributed by atoms with E-state index in [1.54, 1.807) is 0 Å². The van der Waals surface area contributed by atoms with Gasteiger partial charge in [0.15, 0.2) is 5.96 Å². The molecule has 0 heterocycles. The van der Waals surface area contributed by atoms with Gasteiger partial charge in [0.25, 0.3) is 0 Å². The fourth-order valence-corrected chi connectivity index (χ4v) is 3.79. The number of carbonyl (C=O) groups excluding carboxylic acids is 1. The number of aliphatic imine (C=N–C) groups is 1. The Balaban J connectivity index is 0.00000364. The summed E-state index contributed by atoms with van der Waals surface area (Å²) in [5.74, 6) is 0.905. The zero-order chi connectivity index (χ0) is 18.5. The number of nitrogens with zero attached hydrogens (tertiary/aromatic N) is 1. The van der Waals surface area contributed by atoms with Crippen molar-refractivity contribution < 1.29 is 9.53 Å². The molecular weight excluding hydrogens is 455 g/mol. The van der Waals surface area contributed by atoms with Crippen molar-refractivity contribution in [2.24, 2.45) is 4.99 Å². The maximum atomic E-state index is 12.0. The van der Waals surface area contributed by atoms with Gasteiger partial charge in [0.2, 0.25) is 5.91 Å². The van der Waals surface area contributed by atoms with Crippen LogP contribution >= 0.6 is 24.0 Å². The molecule has 1 amide bonds. The average Bonchev–Trinajstić information content (AvgIpc) is 2.99. The largest absolute Gasteiger partial charge is 0.376 e. The second-order valence-corrected chi connectivity index (χ2v) is 7.47. The van der Waals surface area contributed by atoms with Gasteiger partial charge in [-0.05, 0) is 32.6 Å². The van der Waals surface area contributed by atoms with Crippen LogP contribution in [0.1, 0.15) is 77.6 Å². The minimum absolute atomic E-state index is 0. The van der Waals surface area contributed by atoms with Gasteiger partial charge in [-0.2, -0.15) is 0 Å². The summed E-state index contributed by atoms with van der Waals surface area (Å²) >= 11 is 0. The lowest BCUT2D eigenvalue weighted by Gasteiger charge is -2.15. The van der Waals surface area contributed by atoms with Gasteiger partial charge in [-0.3, -0.25) is 9.79 Å². The number of carbonyl (C=O) groups is 1. The fourth-order valence-electron chi connectivity index (χ4n) is 3.79. The molecule has 2 aliphatic rings. The Labute approximate surface area is 182 Å². The monoisotopic (exact) mass is 494 g/mol. The molecule has 3 N–H and O–H groups in total. The van der Waals surface area contributed by atoms with E-state index in [0.717, 1.165) is 25.3 Å². The minimum Gasteiger partial charge on any atom is -0.376 e. The Kier molecular flexibility index (Phi) is 13.9. The Hall–Kier alpha value is -0.570. The van der Waals surface area contributed by atoms with Crippen molar-refractivity contribution in [2.45, 2.75) is 89.7 Å². The number of ether oxygens (including phenoxy) is 1. The Morgan fingerprint density at radius 2 is 1.67 bits per heavy atom. The number of guanidine groups is 1. The van der Waals surface area contributed by atoms with E-state index in [9.17, 15) is 4.79 Å². The van der Waals surface area contributed by atoms with E-state index in [4.69, 9.17) is 4.74 Å². The first kappa shape index (κ1) is 24.5. The molecule has 2 saturated carbocycles. The van der Waals surface area contributed by atoms with Gasteiger partial charge in [-0.25, -0.2) is 0 Å². The minimum atomic E-state index is 0. The topological polar surface area (TPSA) is 74.8 Å². The molecule has 0 aromatic heterocycles. The van der Waals surface area contributed by atoms with Crippen LogP contribution in [-0.4, -0.2) is 50.3 Å². The molecule has 0 spiro atoms. The SMILES string of the molecule is CCNC(=NCCOC1CCCCCC1)NCCC(=O)NC1CCCC1.I. The molecule has 0 saturated heterocycles. The molecule has 0 aromatic carbocycles. The van der Waals surface area contributed by atoms with Gasteiger partial charge in [-0.1, -0.05) is 38.5 Å². The molecule has 7 heteroatoms. The number of hydrogen-bond acceptors (Lipinski definition) is 3. The summed E-state index contributed by atoms with van der Waals surface area (Å²) < 4.78 is 5.98. The summed E-state index contributed by atoms with van der Waals surface area (Å²) in [6.45, 7) is 4.78. The van der Waals surface area contributed by atoms with Gasteiger partial charge in [-0.15, -0.1) is 24.0 Å². The van der Waals surface area contributed by atoms with Crippen LogP contribution in [0.5, 0.6) is 0 Å². The summed E-state index contributed by atoms with van der Waals surface area (Å²) in [4.78, 5) is 16.5. The van der Waals surface area contributed by atoms with Gasteiger partial charge in [0.1, 0.15) is 0 Å². The average molecular weight is 494 g/mol. The Bertz CT molecular complexity index is 420. The molecule has 0 bridgehead atoms. The van der Waals surface area contributed by atoms with Crippen LogP contribution in [0.4, 0.5) is 0 Å². The zero-order valence-corrected chi connectivity index (χ0v) is 19.3. The second-order valence-electron chi connectivity index (χ2n) is 7.47. The van der Waals surface area contributed by atoms with E-state index in [0.29, 0.717) is 38.3 Å². The van der Waals surface area contributed by atoms with Gasteiger partial charge >= 0.3 is 0 Å². The fraction of sp³-hybridized carbons (Fsp3) is 0.900. The molecular formula is C20H39IN4O2. The van der Waals surface area contributed by atoms with Crippen molar-refractivity contribution in [3.63, 3.8) is 0 Å². The van der Waals surface area contributed by atoms with Crippen molar-refractivity contribution in [1.82, 2.24) is 16.0 Å². The molecule has 0 atom stereocenters. The quantitative estimate of drug-likeness (QED) is 0.151. The first-order chi connectivity index (χ1) is 12.8. The molecule has 6 nitrogen and oxygen atoms in total. The summed E-state index contributed by atoms with van der Waals surface area (Å²) in [5.41, 5.74) is 0. The van der Waals surface area contributed by atoms with E-state index in [1.807, 2.05) is 6.92 Å². The van der Waals surface area contributed by atoms with E-state index in [-0.39, 0.29) is 29.9 Å². The summed E-state index contributed by atoms with van der Waals surface area (Å²) in [7, 11) is 0. The molecule has 27 heavy (non-hydrogen) atoms. The highest BCUT2D eigenvalue weighted by atomic mass is 127. The molecule has 0 aliphatic heterocycles. The smallest absolute Gasteiger partial charge is 0.221 e. The lowest BCUT2D eigenvalue weighted by molar-refractivity contribution is -0.121. The van der Waals surface area contributed by atoms with E-state index in [2.05, 4.69) is 20.9 Å². The highest BCUT2D eigenvalue weighted by Crippen LogP contribution is 2.19. The lowest BCUT2D eigenvalue weighted by Crippen LogP contribution is -2.40. The van der Waals surface area contributed by atoms with Crippen LogP contribution in [0.15, 0.2) is 4.99 Å². The lowest BCUT2D eigenvalue weighted by atomic mass is 10.1. The van der Waals surface area contributed by atoms with Gasteiger partial charge in [0, 0.05) is 25.6 Å². The van der Waals surface area contributed by atoms with Crippen LogP contribution in [0, 0.1) is 0 Å². The third-order valence-electron chi connectivity index (χ3n) is 5.23. The van der Waals surface area contributed by atoms with Crippen LogP contribution in [0.25, 0.3) is 0 Å². The molecule has 0 aromatic rings. The highest BCUT2D eigenvalue weighted by Gasteiger charge is 2.16. The van der Waals surface area contributed by atoms with Crippen molar-refractivity contribution >= 4 is 35.8 Å². The predicted octanol–water partition coefficient (Wildman–Crippen LogP) is 3.35. The first-order valence-corrected chi connectivity index (χ1v) is 10.7. The molecule has 158 valence electrons. The predicted molar refractivity (Wildman–Crippen MR) is 122 cm³/mol. The zero-order valence-electron chi connectivity index (χ0n) is 16.9. The summed E-state index contributed by atoms with van der Waals surface area (Å²) in [5, 5.41) is 9.60. The number of halogens is 1. The van der Waals surface area contributed by atoms with E-state index in [1.165, 1.54) is 51.4 Å². The molecule has 2 aliphatic carbocycles. The number of amides is 1. The number of nitrogens with one attached hydrogen (secondary N) is 3.